The molecule has 1 aliphatic rings. The van der Waals surface area contributed by atoms with Crippen molar-refractivity contribution in [1.82, 2.24) is 0 Å². The molecule has 1 aromatic heterocycles. The van der Waals surface area contributed by atoms with E-state index in [1.165, 1.54) is 5.69 Å². The highest BCUT2D eigenvalue weighted by molar-refractivity contribution is 6.34. The van der Waals surface area contributed by atoms with E-state index in [2.05, 4.69) is 59.5 Å². The van der Waals surface area contributed by atoms with Crippen molar-refractivity contribution >= 4 is 34.9 Å². The van der Waals surface area contributed by atoms with Crippen molar-refractivity contribution in [2.75, 3.05) is 19.0 Å². The van der Waals surface area contributed by atoms with E-state index in [-0.39, 0.29) is 5.78 Å². The number of pyridine rings is 1. The Kier molecular flexibility index (Phi) is 5.45. The van der Waals surface area contributed by atoms with E-state index in [1.807, 2.05) is 79.5 Å². The van der Waals surface area contributed by atoms with Crippen LogP contribution >= 0.6 is 0 Å². The van der Waals surface area contributed by atoms with Crippen molar-refractivity contribution in [2.45, 2.75) is 0 Å². The molecule has 4 aromatic rings. The molecule has 0 spiro atoms. The molecule has 0 fully saturated rings. The number of fused-ring (bicyclic) bond motifs is 1. The van der Waals surface area contributed by atoms with Crippen LogP contribution in [0.1, 0.15) is 32.7 Å². The highest BCUT2D eigenvalue weighted by Gasteiger charge is 2.39. The van der Waals surface area contributed by atoms with Crippen LogP contribution in [0.5, 0.6) is 0 Å². The van der Waals surface area contributed by atoms with Gasteiger partial charge in [-0.3, -0.25) is 4.79 Å². The van der Waals surface area contributed by atoms with E-state index < -0.39 is 0 Å². The predicted octanol–water partition coefficient (Wildman–Crippen LogP) is 5.82. The van der Waals surface area contributed by atoms with Gasteiger partial charge in [0.05, 0.1) is 0 Å². The third kappa shape index (κ3) is 4.01. The molecular formula is C30H25N2O+. The Bertz CT molecular complexity index is 1370. The molecule has 0 unspecified atom stereocenters. The topological polar surface area (TPSA) is 24.2 Å². The molecule has 0 saturated carbocycles. The molecule has 0 atom stereocenters. The first-order valence-electron chi connectivity index (χ1n) is 11.0. The molecule has 3 nitrogen and oxygen atoms in total. The van der Waals surface area contributed by atoms with Gasteiger partial charge in [0, 0.05) is 37.5 Å². The summed E-state index contributed by atoms with van der Waals surface area (Å²) in [6.07, 6.45) is 6.14. The Morgan fingerprint density at radius 3 is 1.94 bits per heavy atom. The zero-order valence-corrected chi connectivity index (χ0v) is 18.8. The van der Waals surface area contributed by atoms with Crippen molar-refractivity contribution < 1.29 is 9.36 Å². The van der Waals surface area contributed by atoms with Crippen LogP contribution in [0.2, 0.25) is 0 Å². The largest absolute Gasteiger partial charge is 0.378 e. The van der Waals surface area contributed by atoms with Gasteiger partial charge in [-0.1, -0.05) is 72.8 Å². The normalized spacial score (nSPS) is 13.0. The van der Waals surface area contributed by atoms with Crippen molar-refractivity contribution in [2.24, 2.45) is 0 Å². The Morgan fingerprint density at radius 2 is 1.30 bits per heavy atom. The molecule has 33 heavy (non-hydrogen) atoms. The van der Waals surface area contributed by atoms with Crippen LogP contribution in [0, 0.1) is 0 Å². The maximum Gasteiger partial charge on any atom is 0.264 e. The zero-order valence-electron chi connectivity index (χ0n) is 18.8. The minimum absolute atomic E-state index is 0.0469. The molecule has 0 amide bonds. The molecule has 0 aliphatic carbocycles. The number of Topliss-reactive ketones (excluding diaryl/α,β-unsaturated/α-hetero) is 1. The lowest BCUT2D eigenvalue weighted by Crippen LogP contribution is -2.34. The second-order valence-corrected chi connectivity index (χ2v) is 8.32. The Balaban J connectivity index is 1.53. The Hall–Kier alpha value is -4.24. The monoisotopic (exact) mass is 429 g/mol. The summed E-state index contributed by atoms with van der Waals surface area (Å²) in [6.45, 7) is 0. The van der Waals surface area contributed by atoms with E-state index in [9.17, 15) is 4.79 Å². The lowest BCUT2D eigenvalue weighted by molar-refractivity contribution is -0.577. The molecule has 0 N–H and O–H groups in total. The third-order valence-corrected chi connectivity index (χ3v) is 5.90. The first-order chi connectivity index (χ1) is 16.1. The average molecular weight is 430 g/mol. The first kappa shape index (κ1) is 20.7. The van der Waals surface area contributed by atoms with Gasteiger partial charge in [0.1, 0.15) is 5.57 Å². The summed E-state index contributed by atoms with van der Waals surface area (Å²) >= 11 is 0. The smallest absolute Gasteiger partial charge is 0.264 e. The SMILES string of the molecule is CN(C)c1ccc(C=Cc2cc[n+]3c(c2)C(=O)C(c2ccccc2)=C3c2ccccc2)cc1. The van der Waals surface area contributed by atoms with Gasteiger partial charge in [0.15, 0.2) is 6.20 Å². The summed E-state index contributed by atoms with van der Waals surface area (Å²) in [4.78, 5) is 15.7. The summed E-state index contributed by atoms with van der Waals surface area (Å²) in [7, 11) is 4.07. The second kappa shape index (κ2) is 8.71. The van der Waals surface area contributed by atoms with Gasteiger partial charge in [-0.05, 0) is 41.0 Å². The molecule has 2 heterocycles. The Labute approximate surface area is 194 Å². The fourth-order valence-electron chi connectivity index (χ4n) is 4.17. The number of nitrogens with zero attached hydrogens (tertiary/aromatic N) is 2. The molecule has 160 valence electrons. The summed E-state index contributed by atoms with van der Waals surface area (Å²) in [5, 5.41) is 0. The van der Waals surface area contributed by atoms with Crippen LogP contribution in [0.15, 0.2) is 103 Å². The van der Waals surface area contributed by atoms with Gasteiger partial charge < -0.3 is 4.90 Å². The predicted molar refractivity (Wildman–Crippen MR) is 136 cm³/mol. The van der Waals surface area contributed by atoms with Crippen LogP contribution in [-0.4, -0.2) is 19.9 Å². The average Bonchev–Trinajstić information content (AvgIpc) is 3.16. The van der Waals surface area contributed by atoms with Crippen LogP contribution in [0.25, 0.3) is 23.4 Å². The maximum atomic E-state index is 13.6. The van der Waals surface area contributed by atoms with Crippen molar-refractivity contribution in [1.29, 1.82) is 0 Å². The first-order valence-corrected chi connectivity index (χ1v) is 11.0. The number of carbonyl (C=O) groups excluding carboxylic acids is 1. The van der Waals surface area contributed by atoms with E-state index in [0.717, 1.165) is 33.5 Å². The summed E-state index contributed by atoms with van der Waals surface area (Å²) in [5.41, 5.74) is 7.58. The molecule has 0 radical (unpaired) electrons. The van der Waals surface area contributed by atoms with Gasteiger partial charge in [-0.2, -0.15) is 4.57 Å². The Morgan fingerprint density at radius 1 is 0.697 bits per heavy atom. The molecular weight excluding hydrogens is 404 g/mol. The van der Waals surface area contributed by atoms with E-state index in [1.54, 1.807) is 0 Å². The van der Waals surface area contributed by atoms with Crippen molar-refractivity contribution in [3.05, 3.63) is 131 Å². The highest BCUT2D eigenvalue weighted by Crippen LogP contribution is 2.32. The van der Waals surface area contributed by atoms with Crippen LogP contribution in [-0.2, 0) is 0 Å². The minimum atomic E-state index is 0.0469. The van der Waals surface area contributed by atoms with E-state index in [0.29, 0.717) is 5.69 Å². The van der Waals surface area contributed by atoms with Crippen LogP contribution < -0.4 is 9.47 Å². The van der Waals surface area contributed by atoms with Crippen molar-refractivity contribution in [3.8, 4) is 0 Å². The standard InChI is InChI=1S/C30H25N2O/c1-31(2)26-17-15-22(16-18-26)13-14-23-19-20-32-27(21-23)30(33)28(24-9-5-3-6-10-24)29(32)25-11-7-4-8-12-25/h3-21H,1-2H3/q+1. The molecule has 5 rings (SSSR count). The fourth-order valence-corrected chi connectivity index (χ4v) is 4.17. The van der Waals surface area contributed by atoms with E-state index in [4.69, 9.17) is 0 Å². The van der Waals surface area contributed by atoms with Crippen molar-refractivity contribution in [3.63, 3.8) is 0 Å². The number of rotatable bonds is 5. The minimum Gasteiger partial charge on any atom is -0.378 e. The maximum absolute atomic E-state index is 13.6. The number of hydrogen-bond acceptors (Lipinski definition) is 2. The number of carbonyl (C=O) groups is 1. The quantitative estimate of drug-likeness (QED) is 0.373. The summed E-state index contributed by atoms with van der Waals surface area (Å²) in [6, 6.07) is 32.5. The highest BCUT2D eigenvalue weighted by atomic mass is 16.1. The summed E-state index contributed by atoms with van der Waals surface area (Å²) < 4.78 is 2.02. The lowest BCUT2D eigenvalue weighted by Gasteiger charge is -2.11. The lowest BCUT2D eigenvalue weighted by atomic mass is 9.97. The molecule has 0 saturated heterocycles. The van der Waals surface area contributed by atoms with Gasteiger partial charge in [0.2, 0.25) is 5.70 Å². The third-order valence-electron chi connectivity index (χ3n) is 5.90. The summed E-state index contributed by atoms with van der Waals surface area (Å²) in [5.74, 6) is 0.0469. The molecule has 0 bridgehead atoms. The van der Waals surface area contributed by atoms with Crippen LogP contribution in [0.3, 0.4) is 0 Å². The second-order valence-electron chi connectivity index (χ2n) is 8.32. The molecule has 3 heteroatoms. The number of ketones is 1. The number of allylic oxidation sites excluding steroid dienone is 1. The molecule has 1 aliphatic heterocycles. The number of anilines is 1. The number of hydrogen-bond donors (Lipinski definition) is 0. The van der Waals surface area contributed by atoms with Gasteiger partial charge in [0.25, 0.3) is 11.5 Å². The number of aromatic nitrogens is 1. The van der Waals surface area contributed by atoms with Gasteiger partial charge >= 0.3 is 0 Å². The van der Waals surface area contributed by atoms with Gasteiger partial charge in [-0.15, -0.1) is 0 Å². The van der Waals surface area contributed by atoms with Gasteiger partial charge in [-0.25, -0.2) is 0 Å². The molecule has 3 aromatic carbocycles. The van der Waals surface area contributed by atoms with E-state index >= 15 is 0 Å². The zero-order chi connectivity index (χ0) is 22.8. The number of benzene rings is 3. The van der Waals surface area contributed by atoms with Crippen LogP contribution in [0.4, 0.5) is 5.69 Å². The fraction of sp³-hybridized carbons (Fsp3) is 0.0667.